The number of phenolic OH excluding ortho intramolecular Hbond substituents is 1. The van der Waals surface area contributed by atoms with E-state index in [-0.39, 0.29) is 29.2 Å². The molecule has 1 aliphatic rings. The minimum absolute atomic E-state index is 0.0153. The zero-order valence-corrected chi connectivity index (χ0v) is 17.9. The lowest BCUT2D eigenvalue weighted by molar-refractivity contribution is -0.122. The summed E-state index contributed by atoms with van der Waals surface area (Å²) in [7, 11) is 1.44. The van der Waals surface area contributed by atoms with Crippen molar-refractivity contribution in [3.8, 4) is 11.5 Å². The van der Waals surface area contributed by atoms with Gasteiger partial charge in [-0.25, -0.2) is 0 Å². The Labute approximate surface area is 186 Å². The molecule has 1 fully saturated rings. The SMILES string of the molecule is COc1cc(/C=N/N=C2\NC(=O)[C@@H](CC(=O)Nc3ccc(Cl)c(Cl)c3)S2)ccc1O. The van der Waals surface area contributed by atoms with Gasteiger partial charge in [0.15, 0.2) is 16.7 Å². The van der Waals surface area contributed by atoms with Crippen LogP contribution < -0.4 is 15.4 Å². The summed E-state index contributed by atoms with van der Waals surface area (Å²) in [5.74, 6) is -0.351. The molecule has 1 saturated heterocycles. The van der Waals surface area contributed by atoms with E-state index in [0.29, 0.717) is 27.0 Å². The van der Waals surface area contributed by atoms with Gasteiger partial charge in [0, 0.05) is 12.1 Å². The van der Waals surface area contributed by atoms with Gasteiger partial charge >= 0.3 is 0 Å². The van der Waals surface area contributed by atoms with Crippen LogP contribution in [0.1, 0.15) is 12.0 Å². The largest absolute Gasteiger partial charge is 0.504 e. The van der Waals surface area contributed by atoms with Crippen LogP contribution in [0, 0.1) is 0 Å². The highest BCUT2D eigenvalue weighted by atomic mass is 35.5. The van der Waals surface area contributed by atoms with Crippen LogP contribution >= 0.6 is 35.0 Å². The van der Waals surface area contributed by atoms with Crippen molar-refractivity contribution in [2.45, 2.75) is 11.7 Å². The highest BCUT2D eigenvalue weighted by Gasteiger charge is 2.32. The van der Waals surface area contributed by atoms with Crippen molar-refractivity contribution in [1.29, 1.82) is 0 Å². The number of nitrogens with zero attached hydrogens (tertiary/aromatic N) is 2. The Bertz CT molecular complexity index is 1050. The van der Waals surface area contributed by atoms with Crippen LogP contribution in [0.2, 0.25) is 10.0 Å². The Morgan fingerprint density at radius 1 is 1.30 bits per heavy atom. The Morgan fingerprint density at radius 2 is 2.10 bits per heavy atom. The molecule has 0 saturated carbocycles. The predicted octanol–water partition coefficient (Wildman–Crippen LogP) is 3.66. The number of benzene rings is 2. The van der Waals surface area contributed by atoms with Crippen molar-refractivity contribution >= 4 is 63.8 Å². The van der Waals surface area contributed by atoms with E-state index in [4.69, 9.17) is 27.9 Å². The number of halogens is 2. The Kier molecular flexibility index (Phi) is 7.20. The highest BCUT2D eigenvalue weighted by molar-refractivity contribution is 8.15. The van der Waals surface area contributed by atoms with Crippen LogP contribution in [0.15, 0.2) is 46.6 Å². The van der Waals surface area contributed by atoms with Gasteiger partial charge in [-0.3, -0.25) is 9.59 Å². The molecule has 3 rings (SSSR count). The summed E-state index contributed by atoms with van der Waals surface area (Å²) in [4.78, 5) is 24.3. The first kappa shape index (κ1) is 21.9. The molecular formula is C19H16Cl2N4O4S. The van der Waals surface area contributed by atoms with Gasteiger partial charge in [-0.1, -0.05) is 35.0 Å². The maximum absolute atomic E-state index is 12.2. The number of carbonyl (C=O) groups excluding carboxylic acids is 2. The zero-order valence-electron chi connectivity index (χ0n) is 15.6. The number of carbonyl (C=O) groups is 2. The Hall–Kier alpha value is -2.75. The maximum atomic E-state index is 12.2. The molecule has 1 atom stereocenters. The number of aromatic hydroxyl groups is 1. The Balaban J connectivity index is 1.57. The van der Waals surface area contributed by atoms with E-state index < -0.39 is 5.25 Å². The number of amides is 2. The van der Waals surface area contributed by atoms with Gasteiger partial charge < -0.3 is 20.5 Å². The van der Waals surface area contributed by atoms with Gasteiger partial charge in [0.2, 0.25) is 11.8 Å². The smallest absolute Gasteiger partial charge is 0.240 e. The zero-order chi connectivity index (χ0) is 21.7. The second-order valence-corrected chi connectivity index (χ2v) is 8.06. The van der Waals surface area contributed by atoms with Gasteiger partial charge in [-0.2, -0.15) is 5.10 Å². The van der Waals surface area contributed by atoms with Gasteiger partial charge in [0.05, 0.1) is 23.4 Å². The number of thioether (sulfide) groups is 1. The highest BCUT2D eigenvalue weighted by Crippen LogP contribution is 2.27. The summed E-state index contributed by atoms with van der Waals surface area (Å²) in [6.45, 7) is 0. The first-order valence-corrected chi connectivity index (χ1v) is 10.2. The lowest BCUT2D eigenvalue weighted by atomic mass is 10.2. The van der Waals surface area contributed by atoms with Crippen LogP contribution in [-0.4, -0.2) is 40.7 Å². The fourth-order valence-electron chi connectivity index (χ4n) is 2.46. The molecule has 0 spiro atoms. The molecule has 156 valence electrons. The van der Waals surface area contributed by atoms with Gasteiger partial charge in [0.25, 0.3) is 0 Å². The molecule has 8 nitrogen and oxygen atoms in total. The third kappa shape index (κ3) is 5.65. The molecule has 0 radical (unpaired) electrons. The van der Waals surface area contributed by atoms with E-state index in [1.54, 1.807) is 24.3 Å². The molecule has 30 heavy (non-hydrogen) atoms. The van der Waals surface area contributed by atoms with Crippen molar-refractivity contribution in [2.75, 3.05) is 12.4 Å². The number of amidine groups is 1. The first-order valence-electron chi connectivity index (χ1n) is 8.56. The second kappa shape index (κ2) is 9.84. The molecule has 2 aromatic carbocycles. The van der Waals surface area contributed by atoms with E-state index in [1.165, 1.54) is 25.5 Å². The molecule has 3 N–H and O–H groups in total. The normalized spacial score (nSPS) is 17.4. The number of anilines is 1. The maximum Gasteiger partial charge on any atom is 0.240 e. The molecule has 0 bridgehead atoms. The monoisotopic (exact) mass is 466 g/mol. The summed E-state index contributed by atoms with van der Waals surface area (Å²) >= 11 is 12.9. The van der Waals surface area contributed by atoms with E-state index in [0.717, 1.165) is 11.8 Å². The molecule has 2 amide bonds. The number of ether oxygens (including phenoxy) is 1. The van der Waals surface area contributed by atoms with Crippen LogP contribution in [0.5, 0.6) is 11.5 Å². The van der Waals surface area contributed by atoms with Crippen LogP contribution in [-0.2, 0) is 9.59 Å². The summed E-state index contributed by atoms with van der Waals surface area (Å²) in [5.41, 5.74) is 1.14. The average molecular weight is 467 g/mol. The fourth-order valence-corrected chi connectivity index (χ4v) is 3.69. The van der Waals surface area contributed by atoms with Crippen LogP contribution in [0.4, 0.5) is 5.69 Å². The summed E-state index contributed by atoms with van der Waals surface area (Å²) in [5, 5.41) is 23.1. The molecule has 0 aromatic heterocycles. The molecule has 0 aliphatic carbocycles. The molecular weight excluding hydrogens is 451 g/mol. The van der Waals surface area contributed by atoms with E-state index in [1.807, 2.05) is 0 Å². The van der Waals surface area contributed by atoms with Crippen molar-refractivity contribution in [2.24, 2.45) is 10.2 Å². The lowest BCUT2D eigenvalue weighted by Gasteiger charge is -2.08. The van der Waals surface area contributed by atoms with E-state index >= 15 is 0 Å². The number of rotatable bonds is 6. The quantitative estimate of drug-likeness (QED) is 0.444. The van der Waals surface area contributed by atoms with Crippen LogP contribution in [0.3, 0.4) is 0 Å². The minimum atomic E-state index is -0.629. The van der Waals surface area contributed by atoms with Crippen molar-refractivity contribution in [3.05, 3.63) is 52.0 Å². The van der Waals surface area contributed by atoms with Gasteiger partial charge in [-0.05, 0) is 42.0 Å². The third-order valence-corrected chi connectivity index (χ3v) is 5.72. The number of methoxy groups -OCH3 is 1. The van der Waals surface area contributed by atoms with E-state index in [9.17, 15) is 14.7 Å². The third-order valence-electron chi connectivity index (χ3n) is 3.91. The second-order valence-electron chi connectivity index (χ2n) is 6.06. The molecule has 0 unspecified atom stereocenters. The molecule has 1 heterocycles. The van der Waals surface area contributed by atoms with E-state index in [2.05, 4.69) is 20.8 Å². The number of hydrogen-bond donors (Lipinski definition) is 3. The van der Waals surface area contributed by atoms with Gasteiger partial charge in [0.1, 0.15) is 5.25 Å². The summed E-state index contributed by atoms with van der Waals surface area (Å²) in [6.07, 6.45) is 1.40. The lowest BCUT2D eigenvalue weighted by Crippen LogP contribution is -2.28. The molecule has 11 heteroatoms. The predicted molar refractivity (Wildman–Crippen MR) is 119 cm³/mol. The summed E-state index contributed by atoms with van der Waals surface area (Å²) < 4.78 is 5.03. The van der Waals surface area contributed by atoms with Crippen molar-refractivity contribution < 1.29 is 19.4 Å². The van der Waals surface area contributed by atoms with Crippen LogP contribution in [0.25, 0.3) is 0 Å². The number of phenols is 1. The average Bonchev–Trinajstić information content (AvgIpc) is 3.05. The molecule has 2 aromatic rings. The number of hydrogen-bond acceptors (Lipinski definition) is 7. The standard InChI is InChI=1S/C19H16Cl2N4O4S/c1-29-15-6-10(2-5-14(15)26)9-22-25-19-24-18(28)16(30-19)8-17(27)23-11-3-4-12(20)13(21)7-11/h2-7,9,16,26H,8H2,1H3,(H,23,27)(H,24,25,28)/b22-9+/t16-/m1/s1. The fraction of sp³-hybridized carbons (Fsp3) is 0.158. The summed E-state index contributed by atoms with van der Waals surface area (Å²) in [6, 6.07) is 9.43. The molecule has 1 aliphatic heterocycles. The number of nitrogens with one attached hydrogen (secondary N) is 2. The van der Waals surface area contributed by atoms with Gasteiger partial charge in [-0.15, -0.1) is 5.10 Å². The van der Waals surface area contributed by atoms with Crippen molar-refractivity contribution in [1.82, 2.24) is 5.32 Å². The minimum Gasteiger partial charge on any atom is -0.504 e. The Morgan fingerprint density at radius 3 is 2.83 bits per heavy atom. The van der Waals surface area contributed by atoms with Crippen molar-refractivity contribution in [3.63, 3.8) is 0 Å². The first-order chi connectivity index (χ1) is 14.4. The topological polar surface area (TPSA) is 112 Å².